The van der Waals surface area contributed by atoms with Gasteiger partial charge in [0.1, 0.15) is 5.75 Å². The summed E-state index contributed by atoms with van der Waals surface area (Å²) in [6.45, 7) is 7.91. The molecule has 1 atom stereocenters. The predicted molar refractivity (Wildman–Crippen MR) is 113 cm³/mol. The maximum absolute atomic E-state index is 12.6. The smallest absolute Gasteiger partial charge is 0.261 e. The lowest BCUT2D eigenvalue weighted by molar-refractivity contribution is -0.128. The number of likely N-dealkylation sites (tertiary alicyclic amines) is 1. The Bertz CT molecular complexity index is 751. The lowest BCUT2D eigenvalue weighted by Crippen LogP contribution is -2.37. The van der Waals surface area contributed by atoms with E-state index < -0.39 is 6.10 Å². The van der Waals surface area contributed by atoms with Crippen LogP contribution in [0.15, 0.2) is 48.5 Å². The van der Waals surface area contributed by atoms with Crippen LogP contribution >= 0.6 is 0 Å². The third-order valence-corrected chi connectivity index (χ3v) is 5.28. The molecular formula is C24H32N2O2. The molecule has 0 radical (unpaired) electrons. The van der Waals surface area contributed by atoms with Crippen molar-refractivity contribution in [1.82, 2.24) is 10.2 Å². The van der Waals surface area contributed by atoms with Crippen LogP contribution in [0, 0.1) is 6.92 Å². The number of amides is 1. The minimum atomic E-state index is -0.473. The van der Waals surface area contributed by atoms with E-state index >= 15 is 0 Å². The molecule has 1 saturated heterocycles. The number of carbonyl (C=O) groups excluding carboxylic acids is 1. The quantitative estimate of drug-likeness (QED) is 0.735. The van der Waals surface area contributed by atoms with E-state index in [1.54, 1.807) is 0 Å². The zero-order valence-electron chi connectivity index (χ0n) is 17.1. The zero-order valence-corrected chi connectivity index (χ0v) is 17.1. The second kappa shape index (κ2) is 10.3. The van der Waals surface area contributed by atoms with Crippen LogP contribution in [0.5, 0.6) is 5.75 Å². The largest absolute Gasteiger partial charge is 0.481 e. The highest BCUT2D eigenvalue weighted by Crippen LogP contribution is 2.16. The Labute approximate surface area is 168 Å². The number of nitrogens with zero attached hydrogens (tertiary/aromatic N) is 1. The number of carbonyl (C=O) groups is 1. The first-order chi connectivity index (χ1) is 13.6. The first-order valence-corrected chi connectivity index (χ1v) is 10.5. The average molecular weight is 381 g/mol. The molecule has 1 amide bonds. The molecule has 0 saturated carbocycles. The molecule has 1 fully saturated rings. The standard InChI is InChI=1S/C24H32N2O2/c1-3-23(28-22-12-10-19(2)11-13-22)24(27)25-17-20-8-7-9-21(16-20)18-26-14-5-4-6-15-26/h7-13,16,23H,3-6,14-15,17-18H2,1-2H3,(H,25,27)/t23-/m0/s1. The van der Waals surface area contributed by atoms with Gasteiger partial charge in [-0.05, 0) is 62.5 Å². The Morgan fingerprint density at radius 2 is 1.79 bits per heavy atom. The van der Waals surface area contributed by atoms with Gasteiger partial charge in [0.15, 0.2) is 6.10 Å². The minimum absolute atomic E-state index is 0.0653. The molecule has 2 aromatic carbocycles. The Morgan fingerprint density at radius 1 is 1.07 bits per heavy atom. The van der Waals surface area contributed by atoms with Crippen LogP contribution in [-0.2, 0) is 17.9 Å². The van der Waals surface area contributed by atoms with Crippen molar-refractivity contribution in [1.29, 1.82) is 0 Å². The Balaban J connectivity index is 1.52. The van der Waals surface area contributed by atoms with E-state index in [1.165, 1.54) is 43.5 Å². The fourth-order valence-corrected chi connectivity index (χ4v) is 3.62. The Hall–Kier alpha value is -2.33. The van der Waals surface area contributed by atoms with Crippen LogP contribution in [0.3, 0.4) is 0 Å². The van der Waals surface area contributed by atoms with Crippen LogP contribution in [0.4, 0.5) is 0 Å². The third kappa shape index (κ3) is 6.10. The van der Waals surface area contributed by atoms with Crippen LogP contribution in [-0.4, -0.2) is 30.0 Å². The Kier molecular flexibility index (Phi) is 7.49. The van der Waals surface area contributed by atoms with Gasteiger partial charge in [-0.2, -0.15) is 0 Å². The molecule has 0 aromatic heterocycles. The van der Waals surface area contributed by atoms with Crippen LogP contribution in [0.25, 0.3) is 0 Å². The van der Waals surface area contributed by atoms with Crippen molar-refractivity contribution in [2.45, 2.75) is 58.7 Å². The molecule has 150 valence electrons. The molecule has 2 aromatic rings. The first kappa shape index (κ1) is 20.4. The topological polar surface area (TPSA) is 41.6 Å². The summed E-state index contributed by atoms with van der Waals surface area (Å²) >= 11 is 0. The summed E-state index contributed by atoms with van der Waals surface area (Å²) in [6, 6.07) is 16.3. The molecule has 4 heteroatoms. The van der Waals surface area contributed by atoms with Crippen LogP contribution < -0.4 is 10.1 Å². The highest BCUT2D eigenvalue weighted by atomic mass is 16.5. The molecule has 28 heavy (non-hydrogen) atoms. The number of hydrogen-bond donors (Lipinski definition) is 1. The first-order valence-electron chi connectivity index (χ1n) is 10.5. The van der Waals surface area contributed by atoms with E-state index in [0.717, 1.165) is 17.9 Å². The SMILES string of the molecule is CC[C@H](Oc1ccc(C)cc1)C(=O)NCc1cccc(CN2CCCCC2)c1. The van der Waals surface area contributed by atoms with Gasteiger partial charge < -0.3 is 10.1 Å². The molecular weight excluding hydrogens is 348 g/mol. The van der Waals surface area contributed by atoms with E-state index in [2.05, 4.69) is 34.5 Å². The number of ether oxygens (including phenoxy) is 1. The highest BCUT2D eigenvalue weighted by molar-refractivity contribution is 5.81. The Morgan fingerprint density at radius 3 is 2.50 bits per heavy atom. The van der Waals surface area contributed by atoms with E-state index in [-0.39, 0.29) is 5.91 Å². The third-order valence-electron chi connectivity index (χ3n) is 5.28. The van der Waals surface area contributed by atoms with Gasteiger partial charge in [0.05, 0.1) is 0 Å². The normalized spacial score (nSPS) is 15.8. The molecule has 1 aliphatic rings. The summed E-state index contributed by atoms with van der Waals surface area (Å²) in [4.78, 5) is 15.1. The van der Waals surface area contributed by atoms with E-state index in [9.17, 15) is 4.79 Å². The van der Waals surface area contributed by atoms with Crippen molar-refractivity contribution >= 4 is 5.91 Å². The van der Waals surface area contributed by atoms with Crippen molar-refractivity contribution in [3.8, 4) is 5.75 Å². The number of hydrogen-bond acceptors (Lipinski definition) is 3. The van der Waals surface area contributed by atoms with E-state index in [1.807, 2.05) is 38.1 Å². The number of piperidine rings is 1. The van der Waals surface area contributed by atoms with E-state index in [0.29, 0.717) is 13.0 Å². The molecule has 1 aliphatic heterocycles. The summed E-state index contributed by atoms with van der Waals surface area (Å²) in [7, 11) is 0. The second-order valence-corrected chi connectivity index (χ2v) is 7.70. The van der Waals surface area contributed by atoms with Gasteiger partial charge in [0, 0.05) is 13.1 Å². The molecule has 1 heterocycles. The fourth-order valence-electron chi connectivity index (χ4n) is 3.62. The highest BCUT2D eigenvalue weighted by Gasteiger charge is 2.18. The zero-order chi connectivity index (χ0) is 19.8. The van der Waals surface area contributed by atoms with Crippen molar-refractivity contribution < 1.29 is 9.53 Å². The fraction of sp³-hybridized carbons (Fsp3) is 0.458. The van der Waals surface area contributed by atoms with Gasteiger partial charge in [-0.25, -0.2) is 0 Å². The summed E-state index contributed by atoms with van der Waals surface area (Å²) in [5, 5.41) is 3.03. The molecule has 0 aliphatic carbocycles. The molecule has 1 N–H and O–H groups in total. The number of nitrogens with one attached hydrogen (secondary N) is 1. The summed E-state index contributed by atoms with van der Waals surface area (Å²) in [5.74, 6) is 0.667. The summed E-state index contributed by atoms with van der Waals surface area (Å²) in [6.07, 6.45) is 4.12. The molecule has 4 nitrogen and oxygen atoms in total. The maximum Gasteiger partial charge on any atom is 0.261 e. The lowest BCUT2D eigenvalue weighted by atomic mass is 10.1. The lowest BCUT2D eigenvalue weighted by Gasteiger charge is -2.26. The van der Waals surface area contributed by atoms with Gasteiger partial charge in [0.25, 0.3) is 5.91 Å². The molecule has 0 unspecified atom stereocenters. The molecule has 0 bridgehead atoms. The summed E-state index contributed by atoms with van der Waals surface area (Å²) in [5.41, 5.74) is 3.62. The van der Waals surface area contributed by atoms with Gasteiger partial charge in [0.2, 0.25) is 0 Å². The van der Waals surface area contributed by atoms with Crippen molar-refractivity contribution in [2.24, 2.45) is 0 Å². The monoisotopic (exact) mass is 380 g/mol. The average Bonchev–Trinajstić information content (AvgIpc) is 2.72. The van der Waals surface area contributed by atoms with Crippen molar-refractivity contribution in [2.75, 3.05) is 13.1 Å². The van der Waals surface area contributed by atoms with E-state index in [4.69, 9.17) is 4.74 Å². The van der Waals surface area contributed by atoms with Crippen molar-refractivity contribution in [3.05, 3.63) is 65.2 Å². The van der Waals surface area contributed by atoms with Crippen LogP contribution in [0.2, 0.25) is 0 Å². The number of benzene rings is 2. The summed E-state index contributed by atoms with van der Waals surface area (Å²) < 4.78 is 5.87. The van der Waals surface area contributed by atoms with Gasteiger partial charge in [-0.15, -0.1) is 0 Å². The number of rotatable bonds is 8. The maximum atomic E-state index is 12.6. The predicted octanol–water partition coefficient (Wildman–Crippen LogP) is 4.45. The number of aryl methyl sites for hydroxylation is 1. The minimum Gasteiger partial charge on any atom is -0.481 e. The van der Waals surface area contributed by atoms with Crippen LogP contribution in [0.1, 0.15) is 49.3 Å². The molecule has 3 rings (SSSR count). The van der Waals surface area contributed by atoms with Gasteiger partial charge >= 0.3 is 0 Å². The van der Waals surface area contributed by atoms with Gasteiger partial charge in [-0.3, -0.25) is 9.69 Å². The van der Waals surface area contributed by atoms with Gasteiger partial charge in [-0.1, -0.05) is 55.3 Å². The van der Waals surface area contributed by atoms with Crippen molar-refractivity contribution in [3.63, 3.8) is 0 Å². The molecule has 0 spiro atoms. The second-order valence-electron chi connectivity index (χ2n) is 7.70.